The van der Waals surface area contributed by atoms with E-state index in [1.54, 1.807) is 0 Å². The van der Waals surface area contributed by atoms with Crippen LogP contribution in [0.5, 0.6) is 0 Å². The van der Waals surface area contributed by atoms with E-state index in [-0.39, 0.29) is 46.5 Å². The Balaban J connectivity index is 0.000000547. The van der Waals surface area contributed by atoms with Gasteiger partial charge in [-0.2, -0.15) is 20.8 Å². The molecule has 3 radical (unpaired) electrons. The number of hydrogen-bond acceptors (Lipinski definition) is 2. The van der Waals surface area contributed by atoms with E-state index in [0.29, 0.717) is 11.8 Å². The fourth-order valence-corrected chi connectivity index (χ4v) is 5.14. The second-order valence-corrected chi connectivity index (χ2v) is 11.5. The maximum Gasteiger partial charge on any atom is 3.00 e. The molecule has 2 aliphatic heterocycles. The number of anilines is 2. The van der Waals surface area contributed by atoms with E-state index in [1.807, 2.05) is 0 Å². The van der Waals surface area contributed by atoms with Crippen LogP contribution in [0.4, 0.5) is 11.4 Å². The summed E-state index contributed by atoms with van der Waals surface area (Å²) in [7, 11) is 5.42. The molecule has 0 spiro atoms. The second-order valence-electron chi connectivity index (χ2n) is 10.5. The first-order chi connectivity index (χ1) is 16.7. The van der Waals surface area contributed by atoms with Crippen LogP contribution in [0.15, 0.2) is 59.9 Å². The number of rotatable bonds is 0. The van der Waals surface area contributed by atoms with Gasteiger partial charge in [0.25, 0.3) is 0 Å². The standard InChI is InChI=1S/2C13H14N.C4H9.C2H6Si.2ClH.Ti/c2*1-9-6-7-11-10-4-3-5-12(10)14(2)13(11)8-9;1-4(2)3;1-3-2;;;/h2*3,5-8,10H,4H2,1-2H3;1-3H3;1-2H3;2*1H;/q3*-1;;;;+3. The largest absolute Gasteiger partial charge is 3.00 e. The molecular weight excluding hydrogens is 559 g/mol. The molecule has 2 aliphatic carbocycles. The van der Waals surface area contributed by atoms with Crippen molar-refractivity contribution in [3.05, 3.63) is 101 Å². The first kappa shape index (κ1) is 36.8. The molecular formula is C32H45Cl2N2SiTi. The van der Waals surface area contributed by atoms with Crippen LogP contribution in [0.1, 0.15) is 67.7 Å². The molecule has 0 fully saturated rings. The van der Waals surface area contributed by atoms with Crippen LogP contribution in [0.3, 0.4) is 0 Å². The number of nitrogens with zero attached hydrogens (tertiary/aromatic N) is 2. The second kappa shape index (κ2) is 16.8. The van der Waals surface area contributed by atoms with E-state index in [9.17, 15) is 0 Å². The Hall–Kier alpha value is -1.23. The van der Waals surface area contributed by atoms with Crippen molar-refractivity contribution in [3.8, 4) is 0 Å². The van der Waals surface area contributed by atoms with Crippen molar-refractivity contribution in [2.45, 2.75) is 72.4 Å². The summed E-state index contributed by atoms with van der Waals surface area (Å²) in [4.78, 5) is 4.66. The number of likely N-dealkylation sites (N-methyl/N-ethyl adjacent to an activating group) is 2. The van der Waals surface area contributed by atoms with Crippen LogP contribution in [-0.4, -0.2) is 23.6 Å². The summed E-state index contributed by atoms with van der Waals surface area (Å²) in [5.41, 5.74) is 11.4. The molecule has 2 nitrogen and oxygen atoms in total. The third kappa shape index (κ3) is 8.38. The summed E-state index contributed by atoms with van der Waals surface area (Å²) in [6.45, 7) is 14.9. The molecule has 205 valence electrons. The predicted octanol–water partition coefficient (Wildman–Crippen LogP) is 9.29. The summed E-state index contributed by atoms with van der Waals surface area (Å²) in [5, 5.41) is 0. The van der Waals surface area contributed by atoms with Crippen molar-refractivity contribution < 1.29 is 21.7 Å². The van der Waals surface area contributed by atoms with Gasteiger partial charge in [-0.25, -0.2) is 25.0 Å². The van der Waals surface area contributed by atoms with Crippen molar-refractivity contribution in [2.24, 2.45) is 0 Å². The average Bonchev–Trinajstić information content (AvgIpc) is 3.56. The van der Waals surface area contributed by atoms with Gasteiger partial charge in [-0.05, 0) is 62.3 Å². The van der Waals surface area contributed by atoms with Gasteiger partial charge in [-0.1, -0.05) is 49.2 Å². The molecule has 0 aromatic heterocycles. The predicted molar refractivity (Wildman–Crippen MR) is 171 cm³/mol. The van der Waals surface area contributed by atoms with Crippen LogP contribution in [0.25, 0.3) is 0 Å². The number of benzene rings is 2. The molecule has 6 rings (SSSR count). The first-order valence-corrected chi connectivity index (χ1v) is 14.8. The summed E-state index contributed by atoms with van der Waals surface area (Å²) < 4.78 is 0. The van der Waals surface area contributed by atoms with Crippen molar-refractivity contribution >= 4 is 45.7 Å². The zero-order valence-electron chi connectivity index (χ0n) is 24.6. The maximum absolute atomic E-state index is 2.33. The van der Waals surface area contributed by atoms with E-state index in [0.717, 1.165) is 9.52 Å². The Morgan fingerprint density at radius 1 is 0.737 bits per heavy atom. The number of allylic oxidation sites excluding steroid dienone is 4. The van der Waals surface area contributed by atoms with E-state index in [2.05, 4.69) is 133 Å². The number of aryl methyl sites for hydroxylation is 2. The van der Waals surface area contributed by atoms with Gasteiger partial charge >= 0.3 is 21.7 Å². The molecule has 2 atom stereocenters. The van der Waals surface area contributed by atoms with Crippen molar-refractivity contribution in [1.29, 1.82) is 0 Å². The zero-order chi connectivity index (χ0) is 25.7. The monoisotopic (exact) mass is 603 g/mol. The van der Waals surface area contributed by atoms with E-state index in [1.165, 1.54) is 63.8 Å². The number of hydrogen-bond donors (Lipinski definition) is 0. The minimum absolute atomic E-state index is 0. The van der Waals surface area contributed by atoms with Crippen LogP contribution >= 0.6 is 24.8 Å². The minimum atomic E-state index is 0. The average molecular weight is 605 g/mol. The first-order valence-electron chi connectivity index (χ1n) is 12.8. The molecule has 6 heteroatoms. The Labute approximate surface area is 263 Å². The molecule has 0 bridgehead atoms. The summed E-state index contributed by atoms with van der Waals surface area (Å²) in [6.07, 6.45) is 11.4. The molecule has 2 aromatic carbocycles. The Morgan fingerprint density at radius 2 is 1.05 bits per heavy atom. The third-order valence-corrected chi connectivity index (χ3v) is 6.65. The summed E-state index contributed by atoms with van der Waals surface area (Å²) in [6, 6.07) is 13.6. The SMILES string of the molecule is C[C-](C)C.C[Si]C.Cc1ccc2c(c1)N(C)C1=C[CH-]CC12.Cc1ccc2c(c1)N(C)C1=C[CH-]CC12.Cl.Cl.[Ti+3]. The third-order valence-electron chi connectivity index (χ3n) is 6.65. The van der Waals surface area contributed by atoms with Crippen molar-refractivity contribution in [3.63, 3.8) is 0 Å². The number of fused-ring (bicyclic) bond motifs is 6. The normalized spacial score (nSPS) is 18.3. The van der Waals surface area contributed by atoms with Crippen LogP contribution in [0.2, 0.25) is 13.1 Å². The van der Waals surface area contributed by atoms with Crippen molar-refractivity contribution in [1.82, 2.24) is 0 Å². The summed E-state index contributed by atoms with van der Waals surface area (Å²) in [5.74, 6) is 2.69. The van der Waals surface area contributed by atoms with Gasteiger partial charge in [0, 0.05) is 20.9 Å². The Morgan fingerprint density at radius 3 is 1.37 bits per heavy atom. The van der Waals surface area contributed by atoms with Gasteiger partial charge in [0.15, 0.2) is 0 Å². The van der Waals surface area contributed by atoms with E-state index >= 15 is 0 Å². The van der Waals surface area contributed by atoms with E-state index in [4.69, 9.17) is 0 Å². The van der Waals surface area contributed by atoms with E-state index < -0.39 is 0 Å². The Bertz CT molecular complexity index is 999. The molecule has 0 N–H and O–H groups in total. The molecule has 4 aliphatic rings. The Kier molecular flexibility index (Phi) is 16.2. The number of halogens is 2. The molecule has 0 saturated heterocycles. The molecule has 0 saturated carbocycles. The quantitative estimate of drug-likeness (QED) is 0.219. The molecule has 0 amide bonds. The topological polar surface area (TPSA) is 6.48 Å². The van der Waals surface area contributed by atoms with Gasteiger partial charge in [-0.3, -0.25) is 0 Å². The van der Waals surface area contributed by atoms with Gasteiger partial charge < -0.3 is 15.7 Å². The zero-order valence-corrected chi connectivity index (χ0v) is 28.7. The van der Waals surface area contributed by atoms with Crippen molar-refractivity contribution in [2.75, 3.05) is 23.9 Å². The fraction of sp³-hybridized carbons (Fsp3) is 0.406. The maximum atomic E-state index is 2.33. The molecule has 2 aromatic rings. The molecule has 2 unspecified atom stereocenters. The van der Waals surface area contributed by atoms with Gasteiger partial charge in [0.2, 0.25) is 0 Å². The molecule has 38 heavy (non-hydrogen) atoms. The van der Waals surface area contributed by atoms with Gasteiger partial charge in [-0.15, -0.1) is 49.0 Å². The minimum Gasteiger partial charge on any atom is -0.426 e. The molecule has 2 heterocycles. The van der Waals surface area contributed by atoms with Crippen LogP contribution in [0, 0.1) is 32.6 Å². The fourth-order valence-electron chi connectivity index (χ4n) is 5.14. The van der Waals surface area contributed by atoms with Gasteiger partial charge in [0.05, 0.1) is 0 Å². The van der Waals surface area contributed by atoms with Crippen LogP contribution < -0.4 is 9.80 Å². The smallest absolute Gasteiger partial charge is 0.426 e. The van der Waals surface area contributed by atoms with Crippen LogP contribution in [-0.2, 0) is 21.7 Å². The summed E-state index contributed by atoms with van der Waals surface area (Å²) >= 11 is 0. The van der Waals surface area contributed by atoms with Gasteiger partial charge in [0.1, 0.15) is 0 Å².